The van der Waals surface area contributed by atoms with Gasteiger partial charge in [0.2, 0.25) is 0 Å². The highest BCUT2D eigenvalue weighted by atomic mass is 15.0. The molecule has 0 amide bonds. The average molecular weight is 683 g/mol. The van der Waals surface area contributed by atoms with E-state index in [4.69, 9.17) is 9.97 Å². The second-order valence-electron chi connectivity index (χ2n) is 13.7. The molecule has 0 bridgehead atoms. The summed E-state index contributed by atoms with van der Waals surface area (Å²) >= 11 is 0. The zero-order valence-electron chi connectivity index (χ0n) is 30.1. The lowest BCUT2D eigenvalue weighted by Gasteiger charge is -2.11. The lowest BCUT2D eigenvalue weighted by atomic mass is 9.97. The molecule has 0 radical (unpaired) electrons. The second-order valence-corrected chi connectivity index (χ2v) is 13.7. The molecule has 4 heteroatoms. The summed E-state index contributed by atoms with van der Waals surface area (Å²) in [6, 6.07) is 53.6. The Kier molecular flexibility index (Phi) is 7.93. The number of hydrogen-bond acceptors (Lipinski definition) is 2. The summed E-state index contributed by atoms with van der Waals surface area (Å²) in [5.74, 6) is 0.689. The monoisotopic (exact) mass is 682 g/mol. The standard InChI is InChI=1S/C49H38N4/c1-5-44-41(40-29-32(2)23-28-46(40)53(44)37-17-10-7-11-18-37)30-33(3)49-50-42(35-15-8-6-9-16-35)31-43(51-49)36-26-24-34(25-27-36)38-20-14-22-47-48(38)39-19-12-13-21-45(39)52(47)4/h5-31H,1H2,2-4H3/b33-30+. The SMILES string of the molecule is C=Cc1c(/C=C(\C)c2nc(-c3ccccc3)cc(-c3ccc(-c4cccc5c4c4ccccc4n5C)cc3)n2)c2cc(C)ccc2n1-c1ccccc1. The Balaban J connectivity index is 1.18. The quantitative estimate of drug-likeness (QED) is 0.168. The molecular weight excluding hydrogens is 645 g/mol. The van der Waals surface area contributed by atoms with Crippen LogP contribution in [-0.2, 0) is 7.05 Å². The third kappa shape index (κ3) is 5.56. The fourth-order valence-electron chi connectivity index (χ4n) is 7.74. The molecule has 254 valence electrons. The molecule has 0 aliphatic carbocycles. The molecule has 3 heterocycles. The lowest BCUT2D eigenvalue weighted by Crippen LogP contribution is -1.99. The van der Waals surface area contributed by atoms with Gasteiger partial charge in [-0.25, -0.2) is 9.97 Å². The maximum atomic E-state index is 5.22. The molecule has 0 saturated carbocycles. The molecule has 4 nitrogen and oxygen atoms in total. The Morgan fingerprint density at radius 3 is 1.98 bits per heavy atom. The Morgan fingerprint density at radius 2 is 1.25 bits per heavy atom. The van der Waals surface area contributed by atoms with Crippen molar-refractivity contribution in [2.75, 3.05) is 0 Å². The minimum atomic E-state index is 0.689. The average Bonchev–Trinajstić information content (AvgIpc) is 3.68. The first kappa shape index (κ1) is 32.1. The van der Waals surface area contributed by atoms with E-state index in [1.165, 1.54) is 43.9 Å². The third-order valence-corrected chi connectivity index (χ3v) is 10.3. The fourth-order valence-corrected chi connectivity index (χ4v) is 7.74. The maximum Gasteiger partial charge on any atom is 0.156 e. The van der Waals surface area contributed by atoms with E-state index in [1.54, 1.807) is 0 Å². The smallest absolute Gasteiger partial charge is 0.156 e. The summed E-state index contributed by atoms with van der Waals surface area (Å²) in [6.45, 7) is 8.51. The summed E-state index contributed by atoms with van der Waals surface area (Å²) in [7, 11) is 2.14. The topological polar surface area (TPSA) is 35.6 Å². The summed E-state index contributed by atoms with van der Waals surface area (Å²) in [5, 5.41) is 3.71. The van der Waals surface area contributed by atoms with E-state index in [1.807, 2.05) is 18.2 Å². The van der Waals surface area contributed by atoms with E-state index in [2.05, 4.69) is 182 Å². The van der Waals surface area contributed by atoms with E-state index in [9.17, 15) is 0 Å². The van der Waals surface area contributed by atoms with Gasteiger partial charge < -0.3 is 9.13 Å². The highest BCUT2D eigenvalue weighted by molar-refractivity contribution is 6.14. The van der Waals surface area contributed by atoms with Gasteiger partial charge in [0, 0.05) is 56.6 Å². The van der Waals surface area contributed by atoms with Gasteiger partial charge in [-0.1, -0.05) is 121 Å². The molecule has 9 aromatic rings. The zero-order chi connectivity index (χ0) is 36.1. The number of nitrogens with zero attached hydrogens (tertiary/aromatic N) is 4. The van der Waals surface area contributed by atoms with Gasteiger partial charge in [0.1, 0.15) is 0 Å². The first-order valence-corrected chi connectivity index (χ1v) is 18.0. The Bertz CT molecular complexity index is 2850. The first-order chi connectivity index (χ1) is 26.0. The zero-order valence-corrected chi connectivity index (χ0v) is 30.1. The normalized spacial score (nSPS) is 11.9. The number of fused-ring (bicyclic) bond motifs is 4. The number of allylic oxidation sites excluding steroid dienone is 1. The highest BCUT2D eigenvalue weighted by Crippen LogP contribution is 2.38. The van der Waals surface area contributed by atoms with Crippen LogP contribution in [0.2, 0.25) is 0 Å². The summed E-state index contributed by atoms with van der Waals surface area (Å²) in [4.78, 5) is 10.4. The molecule has 0 saturated heterocycles. The number of hydrogen-bond donors (Lipinski definition) is 0. The molecule has 0 aliphatic heterocycles. The molecule has 6 aromatic carbocycles. The summed E-state index contributed by atoms with van der Waals surface area (Å²) in [5.41, 5.74) is 15.2. The van der Waals surface area contributed by atoms with Gasteiger partial charge in [-0.3, -0.25) is 0 Å². The Labute approximate surface area is 309 Å². The largest absolute Gasteiger partial charge is 0.344 e. The molecular formula is C49H38N4. The van der Waals surface area contributed by atoms with E-state index in [-0.39, 0.29) is 0 Å². The molecule has 3 aromatic heterocycles. The van der Waals surface area contributed by atoms with Gasteiger partial charge >= 0.3 is 0 Å². The molecule has 0 aliphatic rings. The van der Waals surface area contributed by atoms with E-state index < -0.39 is 0 Å². The van der Waals surface area contributed by atoms with Gasteiger partial charge in [0.25, 0.3) is 0 Å². The van der Waals surface area contributed by atoms with Crippen LogP contribution in [0.5, 0.6) is 0 Å². The van der Waals surface area contributed by atoms with Crippen LogP contribution in [0.4, 0.5) is 0 Å². The minimum Gasteiger partial charge on any atom is -0.344 e. The van der Waals surface area contributed by atoms with Crippen molar-refractivity contribution >= 4 is 50.4 Å². The van der Waals surface area contributed by atoms with Crippen LogP contribution in [0.25, 0.3) is 89.8 Å². The van der Waals surface area contributed by atoms with Crippen molar-refractivity contribution in [3.63, 3.8) is 0 Å². The Hall–Kier alpha value is -6.78. The van der Waals surface area contributed by atoms with E-state index >= 15 is 0 Å². The van der Waals surface area contributed by atoms with Gasteiger partial charge in [0.15, 0.2) is 5.82 Å². The van der Waals surface area contributed by atoms with Crippen LogP contribution in [-0.4, -0.2) is 19.1 Å². The number of para-hydroxylation sites is 2. The van der Waals surface area contributed by atoms with Crippen molar-refractivity contribution in [1.29, 1.82) is 0 Å². The molecule has 0 unspecified atom stereocenters. The van der Waals surface area contributed by atoms with E-state index in [0.29, 0.717) is 5.82 Å². The predicted octanol–water partition coefficient (Wildman–Crippen LogP) is 12.6. The second kappa shape index (κ2) is 13.1. The van der Waals surface area contributed by atoms with Crippen molar-refractivity contribution in [3.8, 4) is 39.3 Å². The number of aryl methyl sites for hydroxylation is 2. The van der Waals surface area contributed by atoms with Crippen LogP contribution in [0, 0.1) is 6.92 Å². The first-order valence-electron chi connectivity index (χ1n) is 18.0. The summed E-state index contributed by atoms with van der Waals surface area (Å²) in [6.07, 6.45) is 4.18. The molecule has 53 heavy (non-hydrogen) atoms. The van der Waals surface area contributed by atoms with Crippen LogP contribution < -0.4 is 0 Å². The Morgan fingerprint density at radius 1 is 0.604 bits per heavy atom. The highest BCUT2D eigenvalue weighted by Gasteiger charge is 2.18. The number of rotatable bonds is 7. The van der Waals surface area contributed by atoms with Gasteiger partial charge in [-0.15, -0.1) is 0 Å². The van der Waals surface area contributed by atoms with Crippen molar-refractivity contribution < 1.29 is 0 Å². The minimum absolute atomic E-state index is 0.689. The van der Waals surface area contributed by atoms with Gasteiger partial charge in [-0.05, 0) is 85.2 Å². The van der Waals surface area contributed by atoms with Gasteiger partial charge in [0.05, 0.1) is 22.6 Å². The number of benzene rings is 6. The van der Waals surface area contributed by atoms with Crippen LogP contribution >= 0.6 is 0 Å². The predicted molar refractivity (Wildman–Crippen MR) is 224 cm³/mol. The van der Waals surface area contributed by atoms with Gasteiger partial charge in [-0.2, -0.15) is 0 Å². The van der Waals surface area contributed by atoms with E-state index in [0.717, 1.165) is 50.5 Å². The number of aromatic nitrogens is 4. The molecule has 0 atom stereocenters. The van der Waals surface area contributed by atoms with Crippen LogP contribution in [0.3, 0.4) is 0 Å². The van der Waals surface area contributed by atoms with Crippen molar-refractivity contribution in [2.24, 2.45) is 7.05 Å². The fraction of sp³-hybridized carbons (Fsp3) is 0.0612. The molecule has 0 N–H and O–H groups in total. The maximum absolute atomic E-state index is 5.22. The summed E-state index contributed by atoms with van der Waals surface area (Å²) < 4.78 is 4.57. The lowest BCUT2D eigenvalue weighted by molar-refractivity contribution is 1.01. The van der Waals surface area contributed by atoms with Crippen molar-refractivity contribution in [3.05, 3.63) is 181 Å². The van der Waals surface area contributed by atoms with Crippen molar-refractivity contribution in [1.82, 2.24) is 19.1 Å². The van der Waals surface area contributed by atoms with Crippen LogP contribution in [0.15, 0.2) is 158 Å². The molecule has 0 spiro atoms. The van der Waals surface area contributed by atoms with Crippen molar-refractivity contribution in [2.45, 2.75) is 13.8 Å². The molecule has 9 rings (SSSR count). The third-order valence-electron chi connectivity index (χ3n) is 10.3. The molecule has 0 fully saturated rings. The van der Waals surface area contributed by atoms with Crippen LogP contribution in [0.1, 0.15) is 29.6 Å².